The van der Waals surface area contributed by atoms with Crippen molar-refractivity contribution in [2.24, 2.45) is 5.92 Å². The second-order valence-corrected chi connectivity index (χ2v) is 4.34. The predicted molar refractivity (Wildman–Crippen MR) is 52.5 cm³/mol. The van der Waals surface area contributed by atoms with E-state index in [1.807, 2.05) is 0 Å². The smallest absolute Gasteiger partial charge is 0.330 e. The zero-order valence-corrected chi connectivity index (χ0v) is 8.40. The van der Waals surface area contributed by atoms with Crippen LogP contribution in [0, 0.1) is 5.92 Å². The van der Waals surface area contributed by atoms with Crippen molar-refractivity contribution in [3.8, 4) is 5.88 Å². The maximum Gasteiger partial charge on any atom is 0.330 e. The Hall–Kier alpha value is -1.23. The first-order valence-corrected chi connectivity index (χ1v) is 5.41. The minimum atomic E-state index is -0.253. The molecule has 15 heavy (non-hydrogen) atoms. The van der Waals surface area contributed by atoms with Gasteiger partial charge in [-0.25, -0.2) is 4.79 Å². The first-order valence-electron chi connectivity index (χ1n) is 5.41. The first-order chi connectivity index (χ1) is 7.27. The van der Waals surface area contributed by atoms with Gasteiger partial charge in [-0.2, -0.15) is 0 Å². The number of fused-ring (bicyclic) bond motifs is 1. The molecule has 82 valence electrons. The minimum absolute atomic E-state index is 0.0412. The average Bonchev–Trinajstić information content (AvgIpc) is 2.88. The van der Waals surface area contributed by atoms with Crippen LogP contribution in [0.4, 0.5) is 0 Å². The summed E-state index contributed by atoms with van der Waals surface area (Å²) >= 11 is 0. The number of nitrogens with one attached hydrogen (secondary N) is 1. The summed E-state index contributed by atoms with van der Waals surface area (Å²) in [6.45, 7) is 0.339. The van der Waals surface area contributed by atoms with E-state index in [4.69, 9.17) is 4.74 Å². The average molecular weight is 210 g/mol. The van der Waals surface area contributed by atoms with Crippen LogP contribution in [0.1, 0.15) is 37.6 Å². The Morgan fingerprint density at radius 3 is 2.87 bits per heavy atom. The van der Waals surface area contributed by atoms with Gasteiger partial charge < -0.3 is 9.84 Å². The molecule has 2 aliphatic rings. The molecule has 5 nitrogen and oxygen atoms in total. The van der Waals surface area contributed by atoms with Crippen LogP contribution in [0.25, 0.3) is 0 Å². The van der Waals surface area contributed by atoms with Gasteiger partial charge in [0.25, 0.3) is 0 Å². The number of hydrogen-bond donors (Lipinski definition) is 2. The molecular formula is C10H14N2O3. The highest BCUT2D eigenvalue weighted by atomic mass is 16.5. The highest BCUT2D eigenvalue weighted by molar-refractivity contribution is 5.19. The number of nitrogens with zero attached hydrogens (tertiary/aromatic N) is 1. The van der Waals surface area contributed by atoms with Gasteiger partial charge in [0, 0.05) is 5.92 Å². The molecule has 0 aromatic carbocycles. The van der Waals surface area contributed by atoms with Gasteiger partial charge in [-0.1, -0.05) is 12.8 Å². The number of rotatable bonds is 1. The molecule has 0 bridgehead atoms. The molecule has 3 rings (SSSR count). The van der Waals surface area contributed by atoms with Gasteiger partial charge in [0.05, 0.1) is 6.61 Å². The Morgan fingerprint density at radius 2 is 2.13 bits per heavy atom. The molecule has 1 aliphatic heterocycles. The van der Waals surface area contributed by atoms with Crippen LogP contribution in [0.5, 0.6) is 5.88 Å². The van der Waals surface area contributed by atoms with Gasteiger partial charge in [-0.15, -0.1) is 0 Å². The van der Waals surface area contributed by atoms with E-state index in [-0.39, 0.29) is 17.8 Å². The molecule has 1 aliphatic carbocycles. The molecule has 1 atom stereocenters. The van der Waals surface area contributed by atoms with Crippen LogP contribution in [-0.4, -0.2) is 14.7 Å². The van der Waals surface area contributed by atoms with Crippen molar-refractivity contribution in [3.05, 3.63) is 16.2 Å². The number of hydrogen-bond acceptors (Lipinski definition) is 3. The molecule has 1 saturated carbocycles. The summed E-state index contributed by atoms with van der Waals surface area (Å²) in [5.74, 6) is 0.389. The molecule has 1 aromatic heterocycles. The lowest BCUT2D eigenvalue weighted by atomic mass is 10.1. The summed E-state index contributed by atoms with van der Waals surface area (Å²) in [4.78, 5) is 14.0. The van der Waals surface area contributed by atoms with E-state index in [1.165, 1.54) is 12.8 Å². The van der Waals surface area contributed by atoms with Crippen molar-refractivity contribution in [1.82, 2.24) is 9.55 Å². The molecule has 2 heterocycles. The molecule has 2 N–H and O–H groups in total. The summed E-state index contributed by atoms with van der Waals surface area (Å²) < 4.78 is 7.17. The lowest BCUT2D eigenvalue weighted by Gasteiger charge is -2.18. The molecule has 1 fully saturated rings. The van der Waals surface area contributed by atoms with Gasteiger partial charge in [0.1, 0.15) is 11.9 Å². The van der Waals surface area contributed by atoms with E-state index < -0.39 is 0 Å². The highest BCUT2D eigenvalue weighted by Crippen LogP contribution is 2.39. The van der Waals surface area contributed by atoms with Crippen molar-refractivity contribution >= 4 is 0 Å². The van der Waals surface area contributed by atoms with Gasteiger partial charge in [-0.3, -0.25) is 9.55 Å². The normalized spacial score (nSPS) is 26.0. The van der Waals surface area contributed by atoms with E-state index in [2.05, 4.69) is 4.98 Å². The van der Waals surface area contributed by atoms with Crippen LogP contribution in [0.3, 0.4) is 0 Å². The van der Waals surface area contributed by atoms with Gasteiger partial charge >= 0.3 is 5.69 Å². The maximum absolute atomic E-state index is 11.6. The highest BCUT2D eigenvalue weighted by Gasteiger charge is 2.35. The zero-order valence-electron chi connectivity index (χ0n) is 8.40. The van der Waals surface area contributed by atoms with Gasteiger partial charge in [0.15, 0.2) is 0 Å². The van der Waals surface area contributed by atoms with Gasteiger partial charge in [0.2, 0.25) is 5.88 Å². The number of ether oxygens (including phenoxy) is 1. The zero-order chi connectivity index (χ0) is 10.4. The van der Waals surface area contributed by atoms with E-state index >= 15 is 0 Å². The molecule has 0 amide bonds. The quantitative estimate of drug-likeness (QED) is 0.729. The second-order valence-electron chi connectivity index (χ2n) is 4.34. The Kier molecular flexibility index (Phi) is 1.88. The molecule has 1 aromatic rings. The SMILES string of the molecule is O=c1[nH]c(O)c2n1C(C1CCCC1)OC2. The van der Waals surface area contributed by atoms with Crippen LogP contribution in [0.15, 0.2) is 4.79 Å². The topological polar surface area (TPSA) is 67.2 Å². The summed E-state index contributed by atoms with van der Waals surface area (Å²) in [7, 11) is 0. The largest absolute Gasteiger partial charge is 0.493 e. The van der Waals surface area contributed by atoms with E-state index in [0.717, 1.165) is 12.8 Å². The van der Waals surface area contributed by atoms with Crippen LogP contribution >= 0.6 is 0 Å². The van der Waals surface area contributed by atoms with Crippen LogP contribution in [0.2, 0.25) is 0 Å². The third-order valence-corrected chi connectivity index (χ3v) is 3.46. The van der Waals surface area contributed by atoms with Crippen molar-refractivity contribution in [2.45, 2.75) is 38.5 Å². The monoisotopic (exact) mass is 210 g/mol. The minimum Gasteiger partial charge on any atom is -0.493 e. The number of imidazole rings is 1. The third-order valence-electron chi connectivity index (χ3n) is 3.46. The number of aromatic nitrogens is 2. The fourth-order valence-corrected chi connectivity index (χ4v) is 2.71. The Labute approximate surface area is 86.7 Å². The molecule has 5 heteroatoms. The standard InChI is InChI=1S/C10H14N2O3/c13-8-7-5-15-9(6-3-1-2-4-6)12(7)10(14)11-8/h6,9,13H,1-5H2,(H,11,14). The van der Waals surface area contributed by atoms with E-state index in [0.29, 0.717) is 18.2 Å². The summed E-state index contributed by atoms with van der Waals surface area (Å²) in [6.07, 6.45) is 4.49. The lowest BCUT2D eigenvalue weighted by molar-refractivity contribution is -0.0132. The summed E-state index contributed by atoms with van der Waals surface area (Å²) in [5.41, 5.74) is 0.341. The summed E-state index contributed by atoms with van der Waals surface area (Å²) in [5, 5.41) is 9.46. The maximum atomic E-state index is 11.6. The fourth-order valence-electron chi connectivity index (χ4n) is 2.71. The number of aromatic hydroxyl groups is 1. The summed E-state index contributed by atoms with van der Waals surface area (Å²) in [6, 6.07) is 0. The van der Waals surface area contributed by atoms with Crippen molar-refractivity contribution < 1.29 is 9.84 Å². The molecule has 0 saturated heterocycles. The van der Waals surface area contributed by atoms with Crippen molar-refractivity contribution in [2.75, 3.05) is 0 Å². The van der Waals surface area contributed by atoms with E-state index in [1.54, 1.807) is 4.57 Å². The van der Waals surface area contributed by atoms with Crippen LogP contribution < -0.4 is 5.69 Å². The molecule has 1 unspecified atom stereocenters. The number of H-pyrrole nitrogens is 1. The third kappa shape index (κ3) is 1.23. The molecule has 0 spiro atoms. The van der Waals surface area contributed by atoms with Crippen molar-refractivity contribution in [1.29, 1.82) is 0 Å². The lowest BCUT2D eigenvalue weighted by Crippen LogP contribution is -2.25. The Balaban J connectivity index is 1.99. The fraction of sp³-hybridized carbons (Fsp3) is 0.700. The van der Waals surface area contributed by atoms with Crippen molar-refractivity contribution in [3.63, 3.8) is 0 Å². The van der Waals surface area contributed by atoms with E-state index in [9.17, 15) is 9.90 Å². The van der Waals surface area contributed by atoms with Gasteiger partial charge in [-0.05, 0) is 12.8 Å². The first kappa shape index (κ1) is 9.03. The molecular weight excluding hydrogens is 196 g/mol. The second kappa shape index (κ2) is 3.13. The molecule has 0 radical (unpaired) electrons. The van der Waals surface area contributed by atoms with Crippen LogP contribution in [-0.2, 0) is 11.3 Å². The number of aromatic amines is 1. The predicted octanol–water partition coefficient (Wildman–Crippen LogP) is 1.10. The Bertz CT molecular complexity index is 428. The Morgan fingerprint density at radius 1 is 1.40 bits per heavy atom.